The smallest absolute Gasteiger partial charge is 0.267 e. The molecule has 0 fully saturated rings. The van der Waals surface area contributed by atoms with E-state index in [4.69, 9.17) is 0 Å². The van der Waals surface area contributed by atoms with Gasteiger partial charge in [-0.2, -0.15) is 0 Å². The summed E-state index contributed by atoms with van der Waals surface area (Å²) in [5.74, 6) is -2.16. The van der Waals surface area contributed by atoms with E-state index in [-0.39, 0.29) is 6.54 Å². The van der Waals surface area contributed by atoms with Gasteiger partial charge in [0, 0.05) is 17.4 Å². The lowest BCUT2D eigenvalue weighted by atomic mass is 10.1. The van der Waals surface area contributed by atoms with Gasteiger partial charge in [0.15, 0.2) is 0 Å². The fraction of sp³-hybridized carbons (Fsp3) is 0.167. The van der Waals surface area contributed by atoms with E-state index < -0.39 is 29.2 Å². The minimum absolute atomic E-state index is 0.301. The molecule has 0 saturated carbocycles. The lowest BCUT2D eigenvalue weighted by Crippen LogP contribution is -2.29. The number of H-pyrrole nitrogens is 1. The average molecular weight is 330 g/mol. The summed E-state index contributed by atoms with van der Waals surface area (Å²) in [5.41, 5.74) is 1.74. The first-order chi connectivity index (χ1) is 11.5. The van der Waals surface area contributed by atoms with E-state index in [1.54, 1.807) is 6.07 Å². The molecular formula is C18H16F2N2O2. The molecule has 24 heavy (non-hydrogen) atoms. The van der Waals surface area contributed by atoms with Crippen LogP contribution < -0.4 is 5.32 Å². The number of hydrogen-bond donors (Lipinski definition) is 3. The first kappa shape index (κ1) is 16.1. The molecule has 0 saturated heterocycles. The van der Waals surface area contributed by atoms with Gasteiger partial charge in [0.1, 0.15) is 23.4 Å². The van der Waals surface area contributed by atoms with Crippen LogP contribution in [0.15, 0.2) is 42.5 Å². The highest BCUT2D eigenvalue weighted by atomic mass is 19.1. The second-order valence-corrected chi connectivity index (χ2v) is 5.63. The largest absolute Gasteiger partial charge is 0.386 e. The number of hydrogen-bond acceptors (Lipinski definition) is 2. The molecule has 3 N–H and O–H groups in total. The molecule has 1 atom stereocenters. The normalized spacial score (nSPS) is 12.3. The summed E-state index contributed by atoms with van der Waals surface area (Å²) in [5, 5.41) is 13.3. The third-order valence-corrected chi connectivity index (χ3v) is 3.81. The zero-order valence-corrected chi connectivity index (χ0v) is 12.9. The van der Waals surface area contributed by atoms with E-state index >= 15 is 0 Å². The summed E-state index contributed by atoms with van der Waals surface area (Å²) < 4.78 is 27.2. The maximum atomic E-state index is 13.6. The van der Waals surface area contributed by atoms with Gasteiger partial charge in [0.25, 0.3) is 5.91 Å². The van der Waals surface area contributed by atoms with Crippen molar-refractivity contribution < 1.29 is 18.7 Å². The van der Waals surface area contributed by atoms with Crippen molar-refractivity contribution in [3.05, 3.63) is 70.9 Å². The molecule has 1 heterocycles. The Labute approximate surface area is 137 Å². The molecule has 0 aliphatic heterocycles. The number of carbonyl (C=O) groups is 1. The Balaban J connectivity index is 1.72. The zero-order valence-electron chi connectivity index (χ0n) is 12.9. The zero-order chi connectivity index (χ0) is 17.3. The van der Waals surface area contributed by atoms with Gasteiger partial charge in [-0.3, -0.25) is 4.79 Å². The van der Waals surface area contributed by atoms with Crippen LogP contribution >= 0.6 is 0 Å². The van der Waals surface area contributed by atoms with Gasteiger partial charge in [0.2, 0.25) is 0 Å². The summed E-state index contributed by atoms with van der Waals surface area (Å²) in [4.78, 5) is 15.1. The van der Waals surface area contributed by atoms with Gasteiger partial charge in [-0.15, -0.1) is 0 Å². The highest BCUT2D eigenvalue weighted by Gasteiger charge is 2.19. The Morgan fingerprint density at radius 1 is 1.21 bits per heavy atom. The van der Waals surface area contributed by atoms with Crippen LogP contribution in [-0.2, 0) is 0 Å². The molecule has 124 valence electrons. The van der Waals surface area contributed by atoms with Crippen molar-refractivity contribution in [1.29, 1.82) is 0 Å². The molecular weight excluding hydrogens is 314 g/mol. The second-order valence-electron chi connectivity index (χ2n) is 5.63. The molecule has 2 aromatic carbocycles. The second kappa shape index (κ2) is 6.41. The number of aromatic amines is 1. The Morgan fingerprint density at radius 3 is 2.62 bits per heavy atom. The van der Waals surface area contributed by atoms with E-state index in [0.29, 0.717) is 5.69 Å². The average Bonchev–Trinajstić information content (AvgIpc) is 2.95. The summed E-state index contributed by atoms with van der Waals surface area (Å²) in [6.45, 7) is 1.64. The van der Waals surface area contributed by atoms with E-state index in [2.05, 4.69) is 10.3 Å². The molecule has 6 heteroatoms. The van der Waals surface area contributed by atoms with Gasteiger partial charge < -0.3 is 15.4 Å². The highest BCUT2D eigenvalue weighted by molar-refractivity contribution is 5.98. The van der Waals surface area contributed by atoms with Crippen LogP contribution in [0.3, 0.4) is 0 Å². The van der Waals surface area contributed by atoms with Crippen LogP contribution in [0.2, 0.25) is 0 Å². The van der Waals surface area contributed by atoms with Gasteiger partial charge in [-0.05, 0) is 36.8 Å². The van der Waals surface area contributed by atoms with Crippen molar-refractivity contribution in [2.24, 2.45) is 0 Å². The standard InChI is InChI=1S/C18H16F2N2O2/c1-10-5-6-11-8-15(22-14(11)7-10)18(24)21-9-16(23)17-12(19)3-2-4-13(17)20/h2-8,16,22-23H,9H2,1H3,(H,21,24). The number of aliphatic hydroxyl groups is 1. The van der Waals surface area contributed by atoms with Crippen LogP contribution in [0.25, 0.3) is 10.9 Å². The number of rotatable bonds is 4. The van der Waals surface area contributed by atoms with Gasteiger partial charge >= 0.3 is 0 Å². The van der Waals surface area contributed by atoms with Gasteiger partial charge in [-0.1, -0.05) is 18.2 Å². The molecule has 1 aromatic heterocycles. The van der Waals surface area contributed by atoms with Crippen LogP contribution in [0.5, 0.6) is 0 Å². The van der Waals surface area contributed by atoms with Crippen molar-refractivity contribution in [3.8, 4) is 0 Å². The molecule has 4 nitrogen and oxygen atoms in total. The summed E-state index contributed by atoms with van der Waals surface area (Å²) in [7, 11) is 0. The first-order valence-corrected chi connectivity index (χ1v) is 7.45. The van der Waals surface area contributed by atoms with Crippen LogP contribution in [0.1, 0.15) is 27.7 Å². The SMILES string of the molecule is Cc1ccc2cc(C(=O)NCC(O)c3c(F)cccc3F)[nH]c2c1. The lowest BCUT2D eigenvalue weighted by Gasteiger charge is -2.13. The van der Waals surface area contributed by atoms with E-state index in [9.17, 15) is 18.7 Å². The molecule has 0 aliphatic carbocycles. The Bertz CT molecular complexity index is 885. The fourth-order valence-corrected chi connectivity index (χ4v) is 2.58. The number of carbonyl (C=O) groups excluding carboxylic acids is 1. The highest BCUT2D eigenvalue weighted by Crippen LogP contribution is 2.20. The third-order valence-electron chi connectivity index (χ3n) is 3.81. The Morgan fingerprint density at radius 2 is 1.92 bits per heavy atom. The van der Waals surface area contributed by atoms with Crippen LogP contribution in [-0.4, -0.2) is 22.5 Å². The van der Waals surface area contributed by atoms with Crippen molar-refractivity contribution in [1.82, 2.24) is 10.3 Å². The predicted octanol–water partition coefficient (Wildman–Crippen LogP) is 3.22. The van der Waals surface area contributed by atoms with Gasteiger partial charge in [-0.25, -0.2) is 8.78 Å². The topological polar surface area (TPSA) is 65.1 Å². The number of amides is 1. The van der Waals surface area contributed by atoms with E-state index in [1.807, 2.05) is 25.1 Å². The molecule has 3 aromatic rings. The minimum Gasteiger partial charge on any atom is -0.386 e. The molecule has 1 unspecified atom stereocenters. The summed E-state index contributed by atoms with van der Waals surface area (Å²) >= 11 is 0. The number of aromatic nitrogens is 1. The number of nitrogens with one attached hydrogen (secondary N) is 2. The molecule has 0 spiro atoms. The minimum atomic E-state index is -1.47. The molecule has 1 amide bonds. The quantitative estimate of drug-likeness (QED) is 0.688. The number of aliphatic hydroxyl groups excluding tert-OH is 1. The number of benzene rings is 2. The maximum absolute atomic E-state index is 13.6. The van der Waals surface area contributed by atoms with Crippen molar-refractivity contribution >= 4 is 16.8 Å². The monoisotopic (exact) mass is 330 g/mol. The number of aryl methyl sites for hydroxylation is 1. The third kappa shape index (κ3) is 3.14. The molecule has 0 aliphatic rings. The Kier molecular flexibility index (Phi) is 4.31. The molecule has 0 bridgehead atoms. The first-order valence-electron chi connectivity index (χ1n) is 7.45. The van der Waals surface area contributed by atoms with E-state index in [1.165, 1.54) is 6.07 Å². The van der Waals surface area contributed by atoms with Crippen molar-refractivity contribution in [2.75, 3.05) is 6.54 Å². The molecule has 0 radical (unpaired) electrons. The van der Waals surface area contributed by atoms with Gasteiger partial charge in [0.05, 0.1) is 5.56 Å². The number of halogens is 2. The van der Waals surface area contributed by atoms with Crippen molar-refractivity contribution in [3.63, 3.8) is 0 Å². The van der Waals surface area contributed by atoms with Crippen LogP contribution in [0.4, 0.5) is 8.78 Å². The fourth-order valence-electron chi connectivity index (χ4n) is 2.58. The Hall–Kier alpha value is -2.73. The number of fused-ring (bicyclic) bond motifs is 1. The van der Waals surface area contributed by atoms with Crippen LogP contribution in [0, 0.1) is 18.6 Å². The lowest BCUT2D eigenvalue weighted by molar-refractivity contribution is 0.0907. The summed E-state index contributed by atoms with van der Waals surface area (Å²) in [6.07, 6.45) is -1.47. The summed E-state index contributed by atoms with van der Waals surface area (Å²) in [6, 6.07) is 10.7. The van der Waals surface area contributed by atoms with E-state index in [0.717, 1.165) is 28.6 Å². The molecule has 3 rings (SSSR count). The predicted molar refractivity (Wildman–Crippen MR) is 86.7 cm³/mol. The van der Waals surface area contributed by atoms with Crippen molar-refractivity contribution in [2.45, 2.75) is 13.0 Å². The maximum Gasteiger partial charge on any atom is 0.267 e.